The molecule has 0 aliphatic heterocycles. The molecule has 0 saturated heterocycles. The standard InChI is InChI=1S/C23H22FN7O.C2H6/c1-3-5-6-7-10-17(24)12-14-30-21-19(28-23(30)32)15-26-22(29-21)31-16-27-18(9-4-2)20(31)11-8-13-25;1-2/h1,5-6,9-11,15-16H,4,7-8,12,14H2,2H3,(H,28,32);1-2H3/b6-5-,17-10+,18-9+,20-11+;. The Balaban J connectivity index is 0.00000199. The van der Waals surface area contributed by atoms with E-state index in [0.717, 1.165) is 11.8 Å². The Morgan fingerprint density at radius 2 is 2.12 bits per heavy atom. The highest BCUT2D eigenvalue weighted by atomic mass is 19.1. The summed E-state index contributed by atoms with van der Waals surface area (Å²) in [7, 11) is 0. The monoisotopic (exact) mass is 461 g/mol. The normalized spacial score (nSPS) is 12.6. The zero-order valence-corrected chi connectivity index (χ0v) is 19.6. The van der Waals surface area contributed by atoms with Crippen LogP contribution in [0.25, 0.3) is 29.3 Å². The summed E-state index contributed by atoms with van der Waals surface area (Å²) in [5.74, 6) is 2.30. The van der Waals surface area contributed by atoms with E-state index >= 15 is 0 Å². The molecule has 9 heteroatoms. The molecule has 0 unspecified atom stereocenters. The first kappa shape index (κ1) is 26.0. The third kappa shape index (κ3) is 6.39. The minimum atomic E-state index is -0.395. The summed E-state index contributed by atoms with van der Waals surface area (Å²) in [6.45, 7) is 6.11. The molecule has 176 valence electrons. The lowest BCUT2D eigenvalue weighted by Gasteiger charge is -2.04. The van der Waals surface area contributed by atoms with Crippen LogP contribution in [-0.4, -0.2) is 29.1 Å². The summed E-state index contributed by atoms with van der Waals surface area (Å²) < 4.78 is 17.2. The number of terminal acetylenes is 1. The Morgan fingerprint density at radius 3 is 2.82 bits per heavy atom. The predicted molar refractivity (Wildman–Crippen MR) is 132 cm³/mol. The molecular formula is C25H28FN7O. The van der Waals surface area contributed by atoms with Crippen molar-refractivity contribution in [2.24, 2.45) is 0 Å². The molecule has 0 aliphatic carbocycles. The number of rotatable bonds is 8. The van der Waals surface area contributed by atoms with E-state index in [2.05, 4.69) is 31.9 Å². The number of allylic oxidation sites excluding steroid dienone is 4. The highest BCUT2D eigenvalue weighted by molar-refractivity contribution is 5.70. The summed E-state index contributed by atoms with van der Waals surface area (Å²) in [4.78, 5) is 28.3. The lowest BCUT2D eigenvalue weighted by Crippen LogP contribution is -2.30. The molecular weight excluding hydrogens is 433 g/mol. The largest absolute Gasteiger partial charge is 0.327 e. The highest BCUT2D eigenvalue weighted by Crippen LogP contribution is 2.12. The fraction of sp³-hybridized carbons (Fsp3) is 0.320. The van der Waals surface area contributed by atoms with Gasteiger partial charge in [-0.3, -0.25) is 9.13 Å². The van der Waals surface area contributed by atoms with E-state index in [1.54, 1.807) is 23.0 Å². The number of H-pyrrole nitrogens is 1. The summed E-state index contributed by atoms with van der Waals surface area (Å²) in [6, 6.07) is 2.09. The number of nitrogens with one attached hydrogen (secondary N) is 1. The Kier molecular flexibility index (Phi) is 10.2. The third-order valence-electron chi connectivity index (χ3n) is 4.60. The van der Waals surface area contributed by atoms with Gasteiger partial charge in [-0.1, -0.05) is 38.8 Å². The average Bonchev–Trinajstić information content (AvgIpc) is 3.39. The van der Waals surface area contributed by atoms with Crippen molar-refractivity contribution < 1.29 is 4.39 Å². The molecule has 1 N–H and O–H groups in total. The maximum absolute atomic E-state index is 14.1. The fourth-order valence-corrected chi connectivity index (χ4v) is 3.14. The van der Waals surface area contributed by atoms with Crippen LogP contribution in [0, 0.1) is 23.7 Å². The topological polar surface area (TPSA) is 105 Å². The molecule has 8 nitrogen and oxygen atoms in total. The van der Waals surface area contributed by atoms with Crippen LogP contribution < -0.4 is 16.4 Å². The van der Waals surface area contributed by atoms with Crippen LogP contribution in [0.4, 0.5) is 4.39 Å². The van der Waals surface area contributed by atoms with E-state index in [0.29, 0.717) is 28.9 Å². The van der Waals surface area contributed by atoms with Crippen LogP contribution in [0.15, 0.2) is 41.4 Å². The van der Waals surface area contributed by atoms with Crippen molar-refractivity contribution in [1.82, 2.24) is 29.1 Å². The molecule has 0 fully saturated rings. The first-order chi connectivity index (χ1) is 16.6. The van der Waals surface area contributed by atoms with Gasteiger partial charge < -0.3 is 4.98 Å². The summed E-state index contributed by atoms with van der Waals surface area (Å²) in [6.07, 6.45) is 17.9. The van der Waals surface area contributed by atoms with E-state index in [-0.39, 0.29) is 25.2 Å². The number of nitriles is 1. The fourth-order valence-electron chi connectivity index (χ4n) is 3.14. The van der Waals surface area contributed by atoms with Gasteiger partial charge in [0.05, 0.1) is 35.2 Å². The molecule has 3 rings (SSSR count). The van der Waals surface area contributed by atoms with Crippen molar-refractivity contribution in [2.75, 3.05) is 0 Å². The van der Waals surface area contributed by atoms with Crippen molar-refractivity contribution in [3.05, 3.63) is 57.8 Å². The van der Waals surface area contributed by atoms with Crippen LogP contribution >= 0.6 is 0 Å². The van der Waals surface area contributed by atoms with Gasteiger partial charge in [0.2, 0.25) is 5.95 Å². The number of imidazole rings is 2. The minimum Gasteiger partial charge on any atom is -0.303 e. The molecule has 0 bridgehead atoms. The maximum Gasteiger partial charge on any atom is 0.327 e. The Hall–Kier alpha value is -4.24. The number of nitrogens with zero attached hydrogens (tertiary/aromatic N) is 6. The van der Waals surface area contributed by atoms with Crippen molar-refractivity contribution in [2.45, 2.75) is 53.0 Å². The molecule has 0 aromatic carbocycles. The van der Waals surface area contributed by atoms with Gasteiger partial charge >= 0.3 is 5.69 Å². The second kappa shape index (κ2) is 13.3. The number of hydrogen-bond acceptors (Lipinski definition) is 5. The van der Waals surface area contributed by atoms with Crippen molar-refractivity contribution >= 4 is 23.3 Å². The molecule has 3 aromatic rings. The molecule has 0 spiro atoms. The Morgan fingerprint density at radius 1 is 1.32 bits per heavy atom. The van der Waals surface area contributed by atoms with Gasteiger partial charge in [0.15, 0.2) is 5.65 Å². The Bertz CT molecular complexity index is 1420. The molecule has 0 saturated carbocycles. The lowest BCUT2D eigenvalue weighted by molar-refractivity contribution is 0.544. The third-order valence-corrected chi connectivity index (χ3v) is 4.60. The molecule has 0 radical (unpaired) electrons. The van der Waals surface area contributed by atoms with Gasteiger partial charge in [0.25, 0.3) is 0 Å². The number of fused-ring (bicyclic) bond motifs is 1. The number of halogens is 1. The number of aromatic amines is 1. The summed E-state index contributed by atoms with van der Waals surface area (Å²) in [5.41, 5.74) is 0.414. The zero-order chi connectivity index (χ0) is 24.9. The van der Waals surface area contributed by atoms with Gasteiger partial charge in [-0.2, -0.15) is 10.2 Å². The van der Waals surface area contributed by atoms with Crippen LogP contribution in [0.1, 0.15) is 46.5 Å². The van der Waals surface area contributed by atoms with E-state index in [4.69, 9.17) is 11.7 Å². The smallest absolute Gasteiger partial charge is 0.303 e. The molecule has 0 atom stereocenters. The number of aromatic nitrogens is 6. The quantitative estimate of drug-likeness (QED) is 0.519. The second-order valence-corrected chi connectivity index (χ2v) is 6.76. The first-order valence-electron chi connectivity index (χ1n) is 11.1. The predicted octanol–water partition coefficient (Wildman–Crippen LogP) is 3.04. The van der Waals surface area contributed by atoms with E-state index in [1.165, 1.54) is 22.9 Å². The second-order valence-electron chi connectivity index (χ2n) is 6.76. The SMILES string of the molecule is C#C/C=C\C/C=C(/F)CCn1c(=O)[nH]c2cnc(-n3cnc(=C/CC)/c3=C\CC#N)nc21.CC. The summed E-state index contributed by atoms with van der Waals surface area (Å²) >= 11 is 0. The van der Waals surface area contributed by atoms with Crippen LogP contribution in [0.2, 0.25) is 0 Å². The average molecular weight is 462 g/mol. The van der Waals surface area contributed by atoms with E-state index < -0.39 is 5.69 Å². The molecule has 0 amide bonds. The van der Waals surface area contributed by atoms with Gasteiger partial charge in [-0.25, -0.2) is 19.2 Å². The van der Waals surface area contributed by atoms with Crippen LogP contribution in [-0.2, 0) is 6.54 Å². The van der Waals surface area contributed by atoms with Gasteiger partial charge in [0.1, 0.15) is 11.8 Å². The molecule has 0 aliphatic rings. The molecule has 3 heterocycles. The van der Waals surface area contributed by atoms with Crippen molar-refractivity contribution in [1.29, 1.82) is 5.26 Å². The summed E-state index contributed by atoms with van der Waals surface area (Å²) in [5, 5.41) is 10.4. The zero-order valence-electron chi connectivity index (χ0n) is 19.6. The van der Waals surface area contributed by atoms with Gasteiger partial charge in [-0.15, -0.1) is 6.42 Å². The van der Waals surface area contributed by atoms with Gasteiger partial charge in [-0.05, 0) is 31.1 Å². The van der Waals surface area contributed by atoms with Crippen LogP contribution in [0.3, 0.4) is 0 Å². The lowest BCUT2D eigenvalue weighted by atomic mass is 10.3. The Labute approximate surface area is 197 Å². The van der Waals surface area contributed by atoms with Gasteiger partial charge in [0, 0.05) is 13.0 Å². The highest BCUT2D eigenvalue weighted by Gasteiger charge is 2.12. The minimum absolute atomic E-state index is 0.0397. The molecule has 34 heavy (non-hydrogen) atoms. The van der Waals surface area contributed by atoms with E-state index in [9.17, 15) is 9.18 Å². The van der Waals surface area contributed by atoms with E-state index in [1.807, 2.05) is 26.8 Å². The van der Waals surface area contributed by atoms with Crippen molar-refractivity contribution in [3.8, 4) is 24.4 Å². The first-order valence-corrected chi connectivity index (χ1v) is 11.1. The molecule has 3 aromatic heterocycles. The van der Waals surface area contributed by atoms with Crippen LogP contribution in [0.5, 0.6) is 0 Å². The number of hydrogen-bond donors (Lipinski definition) is 1. The maximum atomic E-state index is 14.1. The number of aryl methyl sites for hydroxylation is 1. The van der Waals surface area contributed by atoms with Crippen molar-refractivity contribution in [3.63, 3.8) is 0 Å².